The first kappa shape index (κ1) is 15.4. The van der Waals surface area contributed by atoms with E-state index in [-0.39, 0.29) is 23.7 Å². The fraction of sp³-hybridized carbons (Fsp3) is 0.412. The van der Waals surface area contributed by atoms with Crippen molar-refractivity contribution in [1.82, 2.24) is 19.4 Å². The number of carbonyl (C=O) groups excluding carboxylic acids is 2. The van der Waals surface area contributed by atoms with E-state index in [0.29, 0.717) is 18.8 Å². The van der Waals surface area contributed by atoms with Gasteiger partial charge in [-0.15, -0.1) is 0 Å². The molecule has 2 aromatic heterocycles. The predicted octanol–water partition coefficient (Wildman–Crippen LogP) is 1.96. The van der Waals surface area contributed by atoms with Crippen molar-refractivity contribution in [3.05, 3.63) is 48.8 Å². The van der Waals surface area contributed by atoms with Crippen LogP contribution in [-0.2, 0) is 4.79 Å². The van der Waals surface area contributed by atoms with Crippen LogP contribution in [0.1, 0.15) is 36.3 Å². The average molecular weight is 312 g/mol. The summed E-state index contributed by atoms with van der Waals surface area (Å²) in [6.07, 6.45) is 8.35. The average Bonchev–Trinajstić information content (AvgIpc) is 3.15. The first-order valence-corrected chi connectivity index (χ1v) is 7.88. The molecule has 0 aliphatic carbocycles. The van der Waals surface area contributed by atoms with Crippen LogP contribution in [0.25, 0.3) is 0 Å². The molecule has 0 aromatic carbocycles. The van der Waals surface area contributed by atoms with E-state index in [9.17, 15) is 9.59 Å². The highest BCUT2D eigenvalue weighted by atomic mass is 16.2. The molecule has 3 heterocycles. The minimum Gasteiger partial charge on any atom is -0.340 e. The monoisotopic (exact) mass is 312 g/mol. The van der Waals surface area contributed by atoms with Crippen molar-refractivity contribution >= 4 is 11.7 Å². The third kappa shape index (κ3) is 3.31. The molecule has 0 unspecified atom stereocenters. The standard InChI is InChI=1S/C17H20N4O2/c1-13(21-10-8-18-12-21)17(23)20-9-4-5-14(11-20)16(22)15-6-2-3-7-19-15/h2-3,6-8,10,12-14H,4-5,9,11H2,1H3/t13-,14+/m1/s1. The summed E-state index contributed by atoms with van der Waals surface area (Å²) in [7, 11) is 0. The van der Waals surface area contributed by atoms with E-state index in [1.165, 1.54) is 0 Å². The lowest BCUT2D eigenvalue weighted by Crippen LogP contribution is -2.44. The minimum absolute atomic E-state index is 0.0263. The van der Waals surface area contributed by atoms with Crippen LogP contribution in [0.4, 0.5) is 0 Å². The van der Waals surface area contributed by atoms with Crippen molar-refractivity contribution in [2.75, 3.05) is 13.1 Å². The number of likely N-dealkylation sites (tertiary alicyclic amines) is 1. The fourth-order valence-corrected chi connectivity index (χ4v) is 3.00. The van der Waals surface area contributed by atoms with E-state index in [1.54, 1.807) is 46.5 Å². The molecule has 3 rings (SSSR count). The summed E-state index contributed by atoms with van der Waals surface area (Å²) < 4.78 is 1.78. The molecular formula is C17H20N4O2. The molecule has 0 spiro atoms. The van der Waals surface area contributed by atoms with Gasteiger partial charge in [0.15, 0.2) is 5.78 Å². The van der Waals surface area contributed by atoms with E-state index in [2.05, 4.69) is 9.97 Å². The molecular weight excluding hydrogens is 292 g/mol. The van der Waals surface area contributed by atoms with Gasteiger partial charge in [-0.2, -0.15) is 0 Å². The predicted molar refractivity (Wildman–Crippen MR) is 84.8 cm³/mol. The molecule has 1 amide bonds. The van der Waals surface area contributed by atoms with Gasteiger partial charge >= 0.3 is 0 Å². The molecule has 0 saturated carbocycles. The summed E-state index contributed by atoms with van der Waals surface area (Å²) in [5, 5.41) is 0. The number of pyridine rings is 1. The van der Waals surface area contributed by atoms with E-state index in [4.69, 9.17) is 0 Å². The van der Waals surface area contributed by atoms with Crippen LogP contribution in [0.2, 0.25) is 0 Å². The van der Waals surface area contributed by atoms with Crippen molar-refractivity contribution in [2.45, 2.75) is 25.8 Å². The van der Waals surface area contributed by atoms with Gasteiger partial charge in [-0.1, -0.05) is 6.07 Å². The normalized spacial score (nSPS) is 19.3. The second-order valence-corrected chi connectivity index (χ2v) is 5.89. The number of nitrogens with zero attached hydrogens (tertiary/aromatic N) is 4. The van der Waals surface area contributed by atoms with Crippen LogP contribution in [0.15, 0.2) is 43.1 Å². The maximum absolute atomic E-state index is 12.7. The van der Waals surface area contributed by atoms with Crippen molar-refractivity contribution < 1.29 is 9.59 Å². The summed E-state index contributed by atoms with van der Waals surface area (Å²) in [6, 6.07) is 5.03. The highest BCUT2D eigenvalue weighted by Crippen LogP contribution is 2.22. The number of hydrogen-bond donors (Lipinski definition) is 0. The van der Waals surface area contributed by atoms with E-state index in [0.717, 1.165) is 12.8 Å². The number of aromatic nitrogens is 3. The smallest absolute Gasteiger partial charge is 0.245 e. The molecule has 6 heteroatoms. The third-order valence-electron chi connectivity index (χ3n) is 4.35. The first-order valence-electron chi connectivity index (χ1n) is 7.88. The van der Waals surface area contributed by atoms with Crippen molar-refractivity contribution in [3.63, 3.8) is 0 Å². The third-order valence-corrected chi connectivity index (χ3v) is 4.35. The summed E-state index contributed by atoms with van der Waals surface area (Å²) in [6.45, 7) is 3.02. The van der Waals surface area contributed by atoms with E-state index < -0.39 is 0 Å². The van der Waals surface area contributed by atoms with Gasteiger partial charge in [-0.05, 0) is 31.9 Å². The number of piperidine rings is 1. The Balaban J connectivity index is 1.68. The molecule has 0 bridgehead atoms. The zero-order chi connectivity index (χ0) is 16.2. The summed E-state index contributed by atoms with van der Waals surface area (Å²) in [5.41, 5.74) is 0.481. The molecule has 6 nitrogen and oxygen atoms in total. The zero-order valence-corrected chi connectivity index (χ0v) is 13.1. The quantitative estimate of drug-likeness (QED) is 0.809. The maximum Gasteiger partial charge on any atom is 0.245 e. The van der Waals surface area contributed by atoms with Gasteiger partial charge in [0.25, 0.3) is 0 Å². The summed E-state index contributed by atoms with van der Waals surface area (Å²) >= 11 is 0. The van der Waals surface area contributed by atoms with Crippen LogP contribution in [0, 0.1) is 5.92 Å². The minimum atomic E-state index is -0.304. The number of rotatable bonds is 4. The Kier molecular flexibility index (Phi) is 4.50. The molecule has 2 atom stereocenters. The molecule has 1 aliphatic rings. The second kappa shape index (κ2) is 6.73. The lowest BCUT2D eigenvalue weighted by atomic mass is 9.91. The molecule has 1 fully saturated rings. The van der Waals surface area contributed by atoms with Gasteiger partial charge in [-0.3, -0.25) is 14.6 Å². The topological polar surface area (TPSA) is 68.1 Å². The Labute approximate surface area is 135 Å². The van der Waals surface area contributed by atoms with Crippen molar-refractivity contribution in [2.24, 2.45) is 5.92 Å². The van der Waals surface area contributed by atoms with Gasteiger partial charge in [0, 0.05) is 37.6 Å². The number of ketones is 1. The number of amides is 1. The maximum atomic E-state index is 12.7. The SMILES string of the molecule is C[C@H](C(=O)N1CCC[C@H](C(=O)c2ccccn2)C1)n1ccnc1. The Morgan fingerprint density at radius 2 is 2.17 bits per heavy atom. The molecule has 120 valence electrons. The van der Waals surface area contributed by atoms with Crippen molar-refractivity contribution in [3.8, 4) is 0 Å². The first-order chi connectivity index (χ1) is 11.2. The molecule has 0 radical (unpaired) electrons. The van der Waals surface area contributed by atoms with Crippen LogP contribution in [-0.4, -0.2) is 44.2 Å². The Morgan fingerprint density at radius 3 is 2.87 bits per heavy atom. The zero-order valence-electron chi connectivity index (χ0n) is 13.1. The van der Waals surface area contributed by atoms with Gasteiger partial charge < -0.3 is 9.47 Å². The van der Waals surface area contributed by atoms with Gasteiger partial charge in [0.2, 0.25) is 5.91 Å². The van der Waals surface area contributed by atoms with Gasteiger partial charge in [-0.25, -0.2) is 4.98 Å². The fourth-order valence-electron chi connectivity index (χ4n) is 3.00. The number of Topliss-reactive ketones (excluding diaryl/α,β-unsaturated/α-hetero) is 1. The second-order valence-electron chi connectivity index (χ2n) is 5.89. The van der Waals surface area contributed by atoms with Crippen LogP contribution in [0.5, 0.6) is 0 Å². The van der Waals surface area contributed by atoms with E-state index in [1.807, 2.05) is 13.0 Å². The Hall–Kier alpha value is -2.50. The number of hydrogen-bond acceptors (Lipinski definition) is 4. The van der Waals surface area contributed by atoms with E-state index >= 15 is 0 Å². The van der Waals surface area contributed by atoms with Crippen LogP contribution in [0.3, 0.4) is 0 Å². The Morgan fingerprint density at radius 1 is 1.30 bits per heavy atom. The molecule has 23 heavy (non-hydrogen) atoms. The molecule has 0 N–H and O–H groups in total. The largest absolute Gasteiger partial charge is 0.340 e. The van der Waals surface area contributed by atoms with Crippen LogP contribution < -0.4 is 0 Å². The van der Waals surface area contributed by atoms with Crippen LogP contribution >= 0.6 is 0 Å². The Bertz CT molecular complexity index is 669. The molecule has 1 saturated heterocycles. The highest BCUT2D eigenvalue weighted by Gasteiger charge is 2.31. The number of carbonyl (C=O) groups is 2. The molecule has 1 aliphatic heterocycles. The lowest BCUT2D eigenvalue weighted by Gasteiger charge is -2.33. The molecule has 2 aromatic rings. The summed E-state index contributed by atoms with van der Waals surface area (Å²) in [5.74, 6) is -0.113. The van der Waals surface area contributed by atoms with Gasteiger partial charge in [0.1, 0.15) is 11.7 Å². The highest BCUT2D eigenvalue weighted by molar-refractivity contribution is 5.96. The van der Waals surface area contributed by atoms with Crippen molar-refractivity contribution in [1.29, 1.82) is 0 Å². The number of imidazole rings is 1. The van der Waals surface area contributed by atoms with Gasteiger partial charge in [0.05, 0.1) is 6.33 Å². The summed E-state index contributed by atoms with van der Waals surface area (Å²) in [4.78, 5) is 35.1. The lowest BCUT2D eigenvalue weighted by molar-refractivity contribution is -0.135.